The van der Waals surface area contributed by atoms with E-state index in [4.69, 9.17) is 9.47 Å². The van der Waals surface area contributed by atoms with Crippen molar-refractivity contribution >= 4 is 5.78 Å². The van der Waals surface area contributed by atoms with Crippen LogP contribution in [0.2, 0.25) is 0 Å². The van der Waals surface area contributed by atoms with Gasteiger partial charge in [-0.2, -0.15) is 0 Å². The van der Waals surface area contributed by atoms with Gasteiger partial charge in [-0.3, -0.25) is 4.79 Å². The van der Waals surface area contributed by atoms with Gasteiger partial charge < -0.3 is 9.47 Å². The molecule has 0 amide bonds. The summed E-state index contributed by atoms with van der Waals surface area (Å²) in [6, 6.07) is 13.8. The third kappa shape index (κ3) is 1.92. The van der Waals surface area contributed by atoms with E-state index in [2.05, 4.69) is 12.1 Å². The Balaban J connectivity index is 1.74. The Morgan fingerprint density at radius 3 is 2.43 bits per heavy atom. The van der Waals surface area contributed by atoms with Gasteiger partial charge in [0.15, 0.2) is 5.78 Å². The minimum absolute atomic E-state index is 0.159. The molecule has 3 nitrogen and oxygen atoms in total. The van der Waals surface area contributed by atoms with E-state index in [1.165, 1.54) is 11.1 Å². The molecular weight excluding hydrogens is 264 g/mol. The molecule has 1 aliphatic heterocycles. The average Bonchev–Trinajstić information content (AvgIpc) is 2.83. The zero-order valence-corrected chi connectivity index (χ0v) is 11.9. The van der Waals surface area contributed by atoms with Crippen LogP contribution in [0.1, 0.15) is 27.9 Å². The molecule has 0 atom stereocenters. The molecule has 0 fully saturated rings. The molecule has 4 rings (SSSR count). The highest BCUT2D eigenvalue weighted by atomic mass is 16.5. The Morgan fingerprint density at radius 2 is 1.76 bits per heavy atom. The summed E-state index contributed by atoms with van der Waals surface area (Å²) in [5.74, 6) is 1.53. The summed E-state index contributed by atoms with van der Waals surface area (Å²) in [5, 5.41) is 0. The Hall–Kier alpha value is -2.29. The van der Waals surface area contributed by atoms with Gasteiger partial charge in [0.2, 0.25) is 0 Å². The molecule has 0 N–H and O–H groups in total. The summed E-state index contributed by atoms with van der Waals surface area (Å²) in [7, 11) is 1.62. The highest BCUT2D eigenvalue weighted by Gasteiger charge is 2.45. The first kappa shape index (κ1) is 12.5. The van der Waals surface area contributed by atoms with Crippen molar-refractivity contribution in [3.63, 3.8) is 0 Å². The molecular formula is C18H16O3. The van der Waals surface area contributed by atoms with Gasteiger partial charge in [0.05, 0.1) is 19.1 Å². The van der Waals surface area contributed by atoms with Crippen LogP contribution in [0.15, 0.2) is 42.5 Å². The zero-order chi connectivity index (χ0) is 14.4. The minimum Gasteiger partial charge on any atom is -0.497 e. The first-order valence-electron chi connectivity index (χ1n) is 7.16. The first-order chi connectivity index (χ1) is 10.2. The number of benzene rings is 2. The van der Waals surface area contributed by atoms with E-state index in [-0.39, 0.29) is 5.78 Å². The molecule has 0 bridgehead atoms. The molecule has 0 saturated carbocycles. The molecule has 3 heteroatoms. The zero-order valence-electron chi connectivity index (χ0n) is 11.9. The van der Waals surface area contributed by atoms with Gasteiger partial charge in [-0.15, -0.1) is 0 Å². The predicted molar refractivity (Wildman–Crippen MR) is 79.2 cm³/mol. The van der Waals surface area contributed by atoms with E-state index < -0.39 is 5.60 Å². The van der Waals surface area contributed by atoms with Crippen molar-refractivity contribution in [3.8, 4) is 11.5 Å². The van der Waals surface area contributed by atoms with Crippen LogP contribution in [0.4, 0.5) is 0 Å². The maximum atomic E-state index is 12.5. The summed E-state index contributed by atoms with van der Waals surface area (Å²) in [4.78, 5) is 12.5. The Morgan fingerprint density at radius 1 is 1.05 bits per heavy atom. The quantitative estimate of drug-likeness (QED) is 0.804. The van der Waals surface area contributed by atoms with Crippen molar-refractivity contribution in [2.45, 2.75) is 24.9 Å². The van der Waals surface area contributed by atoms with Crippen LogP contribution in [0.3, 0.4) is 0 Å². The standard InChI is InChI=1S/C18H16O3/c1-20-14-6-7-15-16(19)11-18(21-17(15)8-14)9-12-4-2-3-5-13(12)10-18/h2-8H,9-11H2,1H3. The highest BCUT2D eigenvalue weighted by molar-refractivity contribution is 6.00. The summed E-state index contributed by atoms with van der Waals surface area (Å²) in [5.41, 5.74) is 2.82. The second kappa shape index (κ2) is 4.35. The number of Topliss-reactive ketones (excluding diaryl/α,β-unsaturated/α-hetero) is 1. The van der Waals surface area contributed by atoms with E-state index in [0.717, 1.165) is 12.8 Å². The lowest BCUT2D eigenvalue weighted by Crippen LogP contribution is -2.42. The van der Waals surface area contributed by atoms with Crippen LogP contribution >= 0.6 is 0 Å². The first-order valence-corrected chi connectivity index (χ1v) is 7.16. The summed E-state index contributed by atoms with van der Waals surface area (Å²) >= 11 is 0. The number of carbonyl (C=O) groups excluding carboxylic acids is 1. The van der Waals surface area contributed by atoms with E-state index >= 15 is 0 Å². The fourth-order valence-electron chi connectivity index (χ4n) is 3.46. The molecule has 2 aromatic rings. The van der Waals surface area contributed by atoms with Crippen LogP contribution in [-0.4, -0.2) is 18.5 Å². The third-order valence-corrected chi connectivity index (χ3v) is 4.44. The van der Waals surface area contributed by atoms with Gasteiger partial charge in [-0.25, -0.2) is 0 Å². The monoisotopic (exact) mass is 280 g/mol. The third-order valence-electron chi connectivity index (χ3n) is 4.44. The van der Waals surface area contributed by atoms with Crippen molar-refractivity contribution in [1.82, 2.24) is 0 Å². The van der Waals surface area contributed by atoms with Crippen molar-refractivity contribution in [2.75, 3.05) is 7.11 Å². The van der Waals surface area contributed by atoms with Crippen LogP contribution in [0.25, 0.3) is 0 Å². The van der Waals surface area contributed by atoms with Gasteiger partial charge in [-0.05, 0) is 23.3 Å². The molecule has 2 aliphatic rings. The van der Waals surface area contributed by atoms with Gasteiger partial charge in [-0.1, -0.05) is 24.3 Å². The fourth-order valence-corrected chi connectivity index (χ4v) is 3.46. The maximum absolute atomic E-state index is 12.5. The Bertz CT molecular complexity index is 708. The number of hydrogen-bond donors (Lipinski definition) is 0. The SMILES string of the molecule is COc1ccc2c(c1)OC1(CC2=O)Cc2ccccc2C1. The van der Waals surface area contributed by atoms with Gasteiger partial charge in [0.1, 0.15) is 17.1 Å². The molecule has 0 unspecified atom stereocenters. The molecule has 0 radical (unpaired) electrons. The smallest absolute Gasteiger partial charge is 0.170 e. The lowest BCUT2D eigenvalue weighted by Gasteiger charge is -2.34. The van der Waals surface area contributed by atoms with E-state index in [9.17, 15) is 4.79 Å². The van der Waals surface area contributed by atoms with Crippen LogP contribution in [0, 0.1) is 0 Å². The number of hydrogen-bond acceptors (Lipinski definition) is 3. The van der Waals surface area contributed by atoms with Crippen molar-refractivity contribution in [2.24, 2.45) is 0 Å². The van der Waals surface area contributed by atoms with Crippen molar-refractivity contribution in [3.05, 3.63) is 59.2 Å². The maximum Gasteiger partial charge on any atom is 0.170 e. The van der Waals surface area contributed by atoms with Crippen molar-refractivity contribution < 1.29 is 14.3 Å². The number of carbonyl (C=O) groups is 1. The van der Waals surface area contributed by atoms with Crippen LogP contribution in [-0.2, 0) is 12.8 Å². The Labute approximate surface area is 123 Å². The van der Waals surface area contributed by atoms with E-state index in [1.54, 1.807) is 13.2 Å². The molecule has 21 heavy (non-hydrogen) atoms. The number of ether oxygens (including phenoxy) is 2. The number of rotatable bonds is 1. The van der Waals surface area contributed by atoms with Crippen molar-refractivity contribution in [1.29, 1.82) is 0 Å². The summed E-state index contributed by atoms with van der Waals surface area (Å²) in [6.07, 6.45) is 2.04. The van der Waals surface area contributed by atoms with Gasteiger partial charge >= 0.3 is 0 Å². The lowest BCUT2D eigenvalue weighted by atomic mass is 9.87. The van der Waals surface area contributed by atoms with E-state index in [0.29, 0.717) is 23.5 Å². The highest BCUT2D eigenvalue weighted by Crippen LogP contribution is 2.42. The largest absolute Gasteiger partial charge is 0.497 e. The minimum atomic E-state index is -0.417. The number of methoxy groups -OCH3 is 1. The lowest BCUT2D eigenvalue weighted by molar-refractivity contribution is 0.0471. The molecule has 1 aliphatic carbocycles. The van der Waals surface area contributed by atoms with Crippen LogP contribution in [0.5, 0.6) is 11.5 Å². The van der Waals surface area contributed by atoms with E-state index in [1.807, 2.05) is 24.3 Å². The molecule has 1 heterocycles. The van der Waals surface area contributed by atoms with Gasteiger partial charge in [0.25, 0.3) is 0 Å². The van der Waals surface area contributed by atoms with Gasteiger partial charge in [0, 0.05) is 18.9 Å². The second-order valence-corrected chi connectivity index (χ2v) is 5.87. The fraction of sp³-hybridized carbons (Fsp3) is 0.278. The Kier molecular flexibility index (Phi) is 2.58. The number of ketones is 1. The average molecular weight is 280 g/mol. The predicted octanol–water partition coefficient (Wildman–Crippen LogP) is 3.20. The molecule has 2 aromatic carbocycles. The summed E-state index contributed by atoms with van der Waals surface area (Å²) < 4.78 is 11.5. The summed E-state index contributed by atoms with van der Waals surface area (Å²) in [6.45, 7) is 0. The second-order valence-electron chi connectivity index (χ2n) is 5.87. The van der Waals surface area contributed by atoms with Crippen LogP contribution < -0.4 is 9.47 Å². The molecule has 0 saturated heterocycles. The number of fused-ring (bicyclic) bond motifs is 2. The molecule has 0 aromatic heterocycles. The molecule has 106 valence electrons. The topological polar surface area (TPSA) is 35.5 Å². The molecule has 1 spiro atoms. The normalized spacial score (nSPS) is 18.0.